The molecular weight excluding hydrogens is 431 g/mol. The first-order chi connectivity index (χ1) is 11.8. The summed E-state index contributed by atoms with van der Waals surface area (Å²) in [6.07, 6.45) is 0.770. The van der Waals surface area contributed by atoms with E-state index in [2.05, 4.69) is 34.4 Å². The van der Waals surface area contributed by atoms with Crippen molar-refractivity contribution in [2.45, 2.75) is 45.8 Å². The zero-order valence-electron chi connectivity index (χ0n) is 15.6. The van der Waals surface area contributed by atoms with Crippen molar-refractivity contribution in [3.8, 4) is 5.75 Å². The van der Waals surface area contributed by atoms with Crippen LogP contribution in [0.1, 0.15) is 34.1 Å². The lowest BCUT2D eigenvalue weighted by molar-refractivity contribution is 0.00105. The van der Waals surface area contributed by atoms with Crippen LogP contribution in [-0.2, 0) is 4.74 Å². The van der Waals surface area contributed by atoms with Crippen LogP contribution in [0.2, 0.25) is 0 Å². The number of nitrogens with zero attached hydrogens (tertiary/aromatic N) is 2. The highest BCUT2D eigenvalue weighted by molar-refractivity contribution is 14.1. The van der Waals surface area contributed by atoms with Gasteiger partial charge in [0.25, 0.3) is 0 Å². The molecule has 1 aliphatic rings. The van der Waals surface area contributed by atoms with Crippen LogP contribution in [0.5, 0.6) is 5.75 Å². The highest BCUT2D eigenvalue weighted by Gasteiger charge is 2.30. The minimum Gasteiger partial charge on any atom is -0.492 e. The lowest BCUT2D eigenvalue weighted by Gasteiger charge is -2.40. The molecule has 1 aliphatic heterocycles. The summed E-state index contributed by atoms with van der Waals surface area (Å²) in [5.74, 6) is 0.950. The van der Waals surface area contributed by atoms with Crippen molar-refractivity contribution in [2.24, 2.45) is 0 Å². The summed E-state index contributed by atoms with van der Waals surface area (Å²) in [6.45, 7) is 12.0. The number of ether oxygens (including phenoxy) is 2. The van der Waals surface area contributed by atoms with Crippen LogP contribution in [0.3, 0.4) is 0 Å². The first kappa shape index (κ1) is 20.3. The normalized spacial score (nSPS) is 18.9. The van der Waals surface area contributed by atoms with Gasteiger partial charge in [-0.05, 0) is 68.8 Å². The topological polar surface area (TPSA) is 42.0 Å². The highest BCUT2D eigenvalue weighted by atomic mass is 127. The van der Waals surface area contributed by atoms with Crippen LogP contribution < -0.4 is 4.74 Å². The van der Waals surface area contributed by atoms with Crippen LogP contribution in [0.4, 0.5) is 4.79 Å². The fourth-order valence-corrected chi connectivity index (χ4v) is 3.40. The number of hydrogen-bond donors (Lipinski definition) is 0. The summed E-state index contributed by atoms with van der Waals surface area (Å²) in [7, 11) is 0. The van der Waals surface area contributed by atoms with E-state index >= 15 is 0 Å². The third-order valence-electron chi connectivity index (χ3n) is 4.05. The molecule has 5 nitrogen and oxygen atoms in total. The maximum absolute atomic E-state index is 12.2. The Kier molecular flexibility index (Phi) is 7.37. The van der Waals surface area contributed by atoms with Gasteiger partial charge in [-0.2, -0.15) is 0 Å². The third kappa shape index (κ3) is 6.66. The van der Waals surface area contributed by atoms with Gasteiger partial charge in [0.15, 0.2) is 0 Å². The number of hydrogen-bond acceptors (Lipinski definition) is 4. The molecule has 140 valence electrons. The number of benzene rings is 1. The van der Waals surface area contributed by atoms with Gasteiger partial charge in [0, 0.05) is 32.2 Å². The number of amides is 1. The van der Waals surface area contributed by atoms with E-state index in [0.717, 1.165) is 35.4 Å². The summed E-state index contributed by atoms with van der Waals surface area (Å²) < 4.78 is 12.5. The smallest absolute Gasteiger partial charge is 0.410 e. The van der Waals surface area contributed by atoms with E-state index in [1.807, 2.05) is 49.9 Å². The molecular formula is C19H29IN2O3. The Morgan fingerprint density at radius 3 is 2.64 bits per heavy atom. The molecule has 1 fully saturated rings. The van der Waals surface area contributed by atoms with Crippen molar-refractivity contribution in [3.63, 3.8) is 0 Å². The van der Waals surface area contributed by atoms with Gasteiger partial charge in [-0.1, -0.05) is 12.1 Å². The van der Waals surface area contributed by atoms with E-state index in [4.69, 9.17) is 9.47 Å². The van der Waals surface area contributed by atoms with Crippen LogP contribution in [0.15, 0.2) is 24.3 Å². The maximum atomic E-state index is 12.2. The first-order valence-electron chi connectivity index (χ1n) is 8.85. The van der Waals surface area contributed by atoms with E-state index in [-0.39, 0.29) is 12.1 Å². The second kappa shape index (κ2) is 9.07. The standard InChI is InChI=1S/C19H29IN2O3/c1-15-14-21(11-12-22(15)18(23)25-19(2,3)4)10-7-13-24-17-9-6-5-8-16(17)20/h5-6,8-9,15H,7,10-14H2,1-4H3/t15-/m1/s1. The molecule has 0 spiro atoms. The summed E-state index contributed by atoms with van der Waals surface area (Å²) in [5.41, 5.74) is -0.444. The molecule has 2 rings (SSSR count). The van der Waals surface area contributed by atoms with Crippen LogP contribution in [0, 0.1) is 3.57 Å². The van der Waals surface area contributed by atoms with Crippen LogP contribution in [-0.4, -0.2) is 60.3 Å². The Hall–Kier alpha value is -1.02. The summed E-state index contributed by atoms with van der Waals surface area (Å²) >= 11 is 2.29. The zero-order valence-corrected chi connectivity index (χ0v) is 17.8. The van der Waals surface area contributed by atoms with Gasteiger partial charge in [-0.15, -0.1) is 0 Å². The van der Waals surface area contributed by atoms with E-state index in [9.17, 15) is 4.79 Å². The van der Waals surface area contributed by atoms with E-state index in [0.29, 0.717) is 13.2 Å². The third-order valence-corrected chi connectivity index (χ3v) is 4.94. The predicted molar refractivity (Wildman–Crippen MR) is 108 cm³/mol. The molecule has 1 amide bonds. The molecule has 1 heterocycles. The van der Waals surface area contributed by atoms with Gasteiger partial charge in [-0.25, -0.2) is 4.79 Å². The zero-order chi connectivity index (χ0) is 18.4. The van der Waals surface area contributed by atoms with E-state index < -0.39 is 5.60 Å². The molecule has 1 saturated heterocycles. The summed E-state index contributed by atoms with van der Waals surface area (Å²) in [5, 5.41) is 0. The maximum Gasteiger partial charge on any atom is 0.410 e. The minimum absolute atomic E-state index is 0.166. The Morgan fingerprint density at radius 2 is 2.00 bits per heavy atom. The van der Waals surface area contributed by atoms with Crippen molar-refractivity contribution in [1.29, 1.82) is 0 Å². The largest absolute Gasteiger partial charge is 0.492 e. The summed E-state index contributed by atoms with van der Waals surface area (Å²) in [6, 6.07) is 8.23. The SMILES string of the molecule is C[C@@H]1CN(CCCOc2ccccc2I)CCN1C(=O)OC(C)(C)C. The van der Waals surface area contributed by atoms with Crippen molar-refractivity contribution in [3.05, 3.63) is 27.8 Å². The van der Waals surface area contributed by atoms with Gasteiger partial charge in [0.1, 0.15) is 11.4 Å². The Bertz CT molecular complexity index is 574. The van der Waals surface area contributed by atoms with Crippen molar-refractivity contribution in [1.82, 2.24) is 9.80 Å². The molecule has 0 radical (unpaired) electrons. The second-order valence-electron chi connectivity index (χ2n) is 7.46. The van der Waals surface area contributed by atoms with Gasteiger partial charge in [0.05, 0.1) is 10.2 Å². The van der Waals surface area contributed by atoms with Gasteiger partial charge in [0.2, 0.25) is 0 Å². The lowest BCUT2D eigenvalue weighted by atomic mass is 10.2. The molecule has 0 aliphatic carbocycles. The van der Waals surface area contributed by atoms with E-state index in [1.165, 1.54) is 0 Å². The molecule has 0 bridgehead atoms. The van der Waals surface area contributed by atoms with Gasteiger partial charge < -0.3 is 14.4 Å². The van der Waals surface area contributed by atoms with Gasteiger partial charge >= 0.3 is 6.09 Å². The number of rotatable bonds is 5. The number of piperazine rings is 1. The summed E-state index contributed by atoms with van der Waals surface area (Å²) in [4.78, 5) is 16.5. The monoisotopic (exact) mass is 460 g/mol. The molecule has 25 heavy (non-hydrogen) atoms. The van der Waals surface area contributed by atoms with E-state index in [1.54, 1.807) is 0 Å². The fourth-order valence-electron chi connectivity index (χ4n) is 2.86. The number of para-hydroxylation sites is 1. The molecule has 1 aromatic rings. The van der Waals surface area contributed by atoms with Crippen molar-refractivity contribution >= 4 is 28.7 Å². The lowest BCUT2D eigenvalue weighted by Crippen LogP contribution is -2.55. The molecule has 0 unspecified atom stereocenters. The molecule has 1 atom stereocenters. The quantitative estimate of drug-likeness (QED) is 0.492. The number of carbonyl (C=O) groups is 1. The molecule has 6 heteroatoms. The van der Waals surface area contributed by atoms with Crippen LogP contribution in [0.25, 0.3) is 0 Å². The number of carbonyl (C=O) groups excluding carboxylic acids is 1. The molecule has 1 aromatic carbocycles. The average Bonchev–Trinajstić information content (AvgIpc) is 2.51. The van der Waals surface area contributed by atoms with Crippen molar-refractivity contribution < 1.29 is 14.3 Å². The molecule has 0 N–H and O–H groups in total. The Morgan fingerprint density at radius 1 is 1.28 bits per heavy atom. The van der Waals surface area contributed by atoms with Crippen LogP contribution >= 0.6 is 22.6 Å². The molecule has 0 aromatic heterocycles. The van der Waals surface area contributed by atoms with Crippen molar-refractivity contribution in [2.75, 3.05) is 32.8 Å². The minimum atomic E-state index is -0.444. The Labute approximate surface area is 164 Å². The van der Waals surface area contributed by atoms with Gasteiger partial charge in [-0.3, -0.25) is 4.90 Å². The number of halogens is 1. The molecule has 0 saturated carbocycles. The fraction of sp³-hybridized carbons (Fsp3) is 0.632. The highest BCUT2D eigenvalue weighted by Crippen LogP contribution is 2.20. The Balaban J connectivity index is 1.70. The average molecular weight is 460 g/mol. The second-order valence-corrected chi connectivity index (χ2v) is 8.62. The first-order valence-corrected chi connectivity index (χ1v) is 9.93. The predicted octanol–water partition coefficient (Wildman–Crippen LogP) is 4.00.